The van der Waals surface area contributed by atoms with Crippen LogP contribution in [-0.4, -0.2) is 82.0 Å². The molecule has 4 aliphatic heterocycles. The van der Waals surface area contributed by atoms with Crippen molar-refractivity contribution in [2.24, 2.45) is 0 Å². The van der Waals surface area contributed by atoms with Crippen LogP contribution in [0.5, 0.6) is 0 Å². The summed E-state index contributed by atoms with van der Waals surface area (Å²) in [6.07, 6.45) is 5.31. The minimum Gasteiger partial charge on any atom is -0.447 e. The number of rotatable bonds is 5. The fourth-order valence-electron chi connectivity index (χ4n) is 6.80. The van der Waals surface area contributed by atoms with Crippen molar-refractivity contribution in [3.05, 3.63) is 54.0 Å². The van der Waals surface area contributed by atoms with E-state index in [1.807, 2.05) is 43.6 Å². The molecule has 7 heterocycles. The highest BCUT2D eigenvalue weighted by Gasteiger charge is 2.55. The first-order valence-corrected chi connectivity index (χ1v) is 14.8. The number of anilines is 5. The Labute approximate surface area is 246 Å². The summed E-state index contributed by atoms with van der Waals surface area (Å²) >= 11 is 0. The molecular weight excluding hydrogens is 532 g/mol. The topological polar surface area (TPSA) is 109 Å². The van der Waals surface area contributed by atoms with Crippen LogP contribution in [-0.2, 0) is 14.9 Å². The SMILES string of the molecule is C[C@H]1COC(=O)N1c1cccc(N2c3nc(Nc4ccc([C@@H]5CCN(C)C5)nc4)ncc3[C@@]3(C)COC(C)(C)C[C@@H]23)n1. The maximum atomic E-state index is 12.5. The van der Waals surface area contributed by atoms with Crippen LogP contribution in [0.2, 0.25) is 0 Å². The second kappa shape index (κ2) is 9.88. The second-order valence-electron chi connectivity index (χ2n) is 13.0. The number of likely N-dealkylation sites (N-methyl/N-ethyl adjacent to an activating group) is 1. The molecule has 0 saturated carbocycles. The van der Waals surface area contributed by atoms with Crippen LogP contribution in [0.1, 0.15) is 57.7 Å². The third-order valence-corrected chi connectivity index (χ3v) is 9.26. The van der Waals surface area contributed by atoms with Gasteiger partial charge >= 0.3 is 6.09 Å². The molecule has 0 spiro atoms. The summed E-state index contributed by atoms with van der Waals surface area (Å²) in [6, 6.07) is 9.86. The normalized spacial score (nSPS) is 28.5. The number of ether oxygens (including phenoxy) is 2. The van der Waals surface area contributed by atoms with E-state index in [0.29, 0.717) is 30.9 Å². The molecule has 3 saturated heterocycles. The largest absolute Gasteiger partial charge is 0.447 e. The molecule has 11 nitrogen and oxygen atoms in total. The predicted octanol–water partition coefficient (Wildman–Crippen LogP) is 4.75. The number of carbonyl (C=O) groups excluding carboxylic acids is 1. The fraction of sp³-hybridized carbons (Fsp3) is 0.516. The summed E-state index contributed by atoms with van der Waals surface area (Å²) in [4.78, 5) is 38.2. The molecule has 0 bridgehead atoms. The van der Waals surface area contributed by atoms with Gasteiger partial charge in [-0.2, -0.15) is 4.98 Å². The monoisotopic (exact) mass is 570 g/mol. The zero-order valence-electron chi connectivity index (χ0n) is 24.9. The number of nitrogens with zero attached hydrogens (tertiary/aromatic N) is 7. The van der Waals surface area contributed by atoms with Gasteiger partial charge in [-0.1, -0.05) is 13.0 Å². The van der Waals surface area contributed by atoms with Gasteiger partial charge in [0.15, 0.2) is 0 Å². The summed E-state index contributed by atoms with van der Waals surface area (Å²) in [5.41, 5.74) is 2.33. The van der Waals surface area contributed by atoms with Crippen LogP contribution >= 0.6 is 0 Å². The van der Waals surface area contributed by atoms with E-state index in [-0.39, 0.29) is 29.2 Å². The maximum absolute atomic E-state index is 12.5. The minimum atomic E-state index is -0.376. The number of fused-ring (bicyclic) bond motifs is 3. The molecule has 42 heavy (non-hydrogen) atoms. The molecule has 3 fully saturated rings. The molecule has 0 aromatic carbocycles. The third-order valence-electron chi connectivity index (χ3n) is 9.26. The Kier molecular flexibility index (Phi) is 6.36. The molecule has 1 amide bonds. The van der Waals surface area contributed by atoms with Gasteiger partial charge in [-0.05, 0) is 71.5 Å². The molecule has 0 radical (unpaired) electrons. The number of carbonyl (C=O) groups is 1. The van der Waals surface area contributed by atoms with Crippen molar-refractivity contribution in [3.8, 4) is 0 Å². The Hall–Kier alpha value is -3.83. The molecule has 3 aromatic rings. The predicted molar refractivity (Wildman–Crippen MR) is 160 cm³/mol. The summed E-state index contributed by atoms with van der Waals surface area (Å²) in [7, 11) is 2.15. The zero-order chi connectivity index (χ0) is 29.2. The van der Waals surface area contributed by atoms with Crippen LogP contribution in [0.4, 0.5) is 33.9 Å². The lowest BCUT2D eigenvalue weighted by atomic mass is 9.73. The first kappa shape index (κ1) is 27.0. The van der Waals surface area contributed by atoms with Crippen molar-refractivity contribution in [2.45, 2.75) is 69.6 Å². The average Bonchev–Trinajstić information content (AvgIpc) is 3.62. The number of nitrogens with one attached hydrogen (secondary N) is 1. The lowest BCUT2D eigenvalue weighted by Crippen LogP contribution is -2.54. The lowest BCUT2D eigenvalue weighted by Gasteiger charge is -2.46. The number of likely N-dealkylation sites (tertiary alicyclic amines) is 1. The van der Waals surface area contributed by atoms with Gasteiger partial charge < -0.3 is 24.6 Å². The first-order valence-electron chi connectivity index (χ1n) is 14.8. The smallest absolute Gasteiger partial charge is 0.415 e. The van der Waals surface area contributed by atoms with Gasteiger partial charge in [-0.25, -0.2) is 14.8 Å². The Bertz CT molecular complexity index is 1510. The van der Waals surface area contributed by atoms with Gasteiger partial charge in [0.1, 0.15) is 24.1 Å². The Balaban J connectivity index is 1.24. The Morgan fingerprint density at radius 3 is 2.52 bits per heavy atom. The van der Waals surface area contributed by atoms with Gasteiger partial charge in [0, 0.05) is 35.3 Å². The quantitative estimate of drug-likeness (QED) is 0.462. The van der Waals surface area contributed by atoms with Gasteiger partial charge in [-0.3, -0.25) is 9.88 Å². The Morgan fingerprint density at radius 2 is 1.83 bits per heavy atom. The van der Waals surface area contributed by atoms with Crippen molar-refractivity contribution >= 4 is 35.2 Å². The van der Waals surface area contributed by atoms with E-state index in [1.165, 1.54) is 0 Å². The summed E-state index contributed by atoms with van der Waals surface area (Å²) < 4.78 is 11.6. The number of amides is 1. The third kappa shape index (κ3) is 4.55. The van der Waals surface area contributed by atoms with E-state index in [0.717, 1.165) is 54.5 Å². The summed E-state index contributed by atoms with van der Waals surface area (Å²) in [5.74, 6) is 3.05. The molecule has 3 aromatic heterocycles. The molecule has 1 N–H and O–H groups in total. The van der Waals surface area contributed by atoms with E-state index in [9.17, 15) is 4.79 Å². The lowest BCUT2D eigenvalue weighted by molar-refractivity contribution is -0.0893. The van der Waals surface area contributed by atoms with Crippen LogP contribution in [0, 0.1) is 0 Å². The number of hydrogen-bond acceptors (Lipinski definition) is 10. The summed E-state index contributed by atoms with van der Waals surface area (Å²) in [5, 5.41) is 3.37. The van der Waals surface area contributed by atoms with E-state index < -0.39 is 0 Å². The van der Waals surface area contributed by atoms with E-state index in [2.05, 4.69) is 49.0 Å². The van der Waals surface area contributed by atoms with Gasteiger partial charge in [0.25, 0.3) is 0 Å². The molecule has 0 aliphatic carbocycles. The average molecular weight is 571 g/mol. The van der Waals surface area contributed by atoms with Gasteiger partial charge in [-0.15, -0.1) is 0 Å². The molecule has 11 heteroatoms. The Morgan fingerprint density at radius 1 is 1.02 bits per heavy atom. The first-order chi connectivity index (χ1) is 20.1. The molecule has 4 atom stereocenters. The zero-order valence-corrected chi connectivity index (χ0v) is 24.9. The summed E-state index contributed by atoms with van der Waals surface area (Å²) in [6.45, 7) is 11.5. The fourth-order valence-corrected chi connectivity index (χ4v) is 6.80. The van der Waals surface area contributed by atoms with Crippen molar-refractivity contribution in [2.75, 3.05) is 48.5 Å². The highest BCUT2D eigenvalue weighted by atomic mass is 16.6. The number of hydrogen-bond donors (Lipinski definition) is 1. The minimum absolute atomic E-state index is 0.0389. The van der Waals surface area contributed by atoms with Crippen LogP contribution in [0.15, 0.2) is 42.7 Å². The van der Waals surface area contributed by atoms with E-state index >= 15 is 0 Å². The molecule has 0 unspecified atom stereocenters. The molecule has 7 rings (SSSR count). The van der Waals surface area contributed by atoms with Crippen molar-refractivity contribution in [3.63, 3.8) is 0 Å². The van der Waals surface area contributed by atoms with E-state index in [4.69, 9.17) is 29.4 Å². The van der Waals surface area contributed by atoms with Crippen molar-refractivity contribution in [1.82, 2.24) is 24.8 Å². The highest BCUT2D eigenvalue weighted by Crippen LogP contribution is 2.53. The molecular formula is C31H38N8O3. The number of cyclic esters (lactones) is 1. The van der Waals surface area contributed by atoms with E-state index in [1.54, 1.807) is 4.90 Å². The highest BCUT2D eigenvalue weighted by molar-refractivity contribution is 5.89. The standard InChI is InChI=1S/C31H38N8O3/c1-19-17-41-29(40)38(19)25-7-6-8-26(35-25)39-24-13-30(2,3)42-18-31(24,4)22-15-33-28(36-27(22)39)34-21-9-10-23(32-14-21)20-11-12-37(5)16-20/h6-10,14-15,19-20,24H,11-13,16-18H2,1-5H3,(H,33,34,36)/t19-,20+,24+,31+/m0/s1. The number of aromatic nitrogens is 4. The molecule has 220 valence electrons. The van der Waals surface area contributed by atoms with Crippen LogP contribution in [0.3, 0.4) is 0 Å². The van der Waals surface area contributed by atoms with Gasteiger partial charge in [0.05, 0.1) is 36.2 Å². The molecule has 4 aliphatic rings. The van der Waals surface area contributed by atoms with Crippen LogP contribution < -0.4 is 15.1 Å². The van der Waals surface area contributed by atoms with Crippen molar-refractivity contribution < 1.29 is 14.3 Å². The van der Waals surface area contributed by atoms with Gasteiger partial charge in [0.2, 0.25) is 5.95 Å². The maximum Gasteiger partial charge on any atom is 0.415 e. The van der Waals surface area contributed by atoms with Crippen LogP contribution in [0.25, 0.3) is 0 Å². The number of pyridine rings is 2. The van der Waals surface area contributed by atoms with Crippen molar-refractivity contribution in [1.29, 1.82) is 0 Å². The second-order valence-corrected chi connectivity index (χ2v) is 13.0.